The van der Waals surface area contributed by atoms with E-state index >= 15 is 0 Å². The first-order chi connectivity index (χ1) is 14.0. The van der Waals surface area contributed by atoms with Crippen molar-refractivity contribution in [1.82, 2.24) is 5.32 Å². The number of esters is 1. The molecule has 6 nitrogen and oxygen atoms in total. The van der Waals surface area contributed by atoms with Crippen LogP contribution in [-0.4, -0.2) is 23.9 Å². The molecule has 0 heterocycles. The lowest BCUT2D eigenvalue weighted by Crippen LogP contribution is -2.38. The van der Waals surface area contributed by atoms with Gasteiger partial charge in [-0.3, -0.25) is 4.79 Å². The first kappa shape index (κ1) is 20.6. The number of hydrogen-bond acceptors (Lipinski definition) is 5. The summed E-state index contributed by atoms with van der Waals surface area (Å²) < 4.78 is 10.9. The van der Waals surface area contributed by atoms with Gasteiger partial charge in [0, 0.05) is 5.56 Å². The third-order valence-electron chi connectivity index (χ3n) is 4.92. The number of ether oxygens (including phenoxy) is 2. The smallest absolute Gasteiger partial charge is 0.408 e. The second-order valence-electron chi connectivity index (χ2n) is 7.16. The molecule has 1 aliphatic carbocycles. The Kier molecular flexibility index (Phi) is 7.00. The fraction of sp³-hybridized carbons (Fsp3) is 0.348. The van der Waals surface area contributed by atoms with E-state index in [2.05, 4.69) is 5.32 Å². The highest BCUT2D eigenvalue weighted by molar-refractivity contribution is 5.94. The van der Waals surface area contributed by atoms with E-state index in [0.717, 1.165) is 32.1 Å². The molecular weight excluding hydrogens is 370 g/mol. The molecular formula is C23H25NO5. The van der Waals surface area contributed by atoms with Crippen LogP contribution in [0.25, 0.3) is 0 Å². The molecule has 2 aromatic rings. The SMILES string of the molecule is CC(=O)c1cccc(OC(=O)C(NC(=O)OC2CCCCC2)c2ccccc2)c1. The summed E-state index contributed by atoms with van der Waals surface area (Å²) in [5.74, 6) is -0.541. The van der Waals surface area contributed by atoms with E-state index in [4.69, 9.17) is 9.47 Å². The molecule has 1 unspecified atom stereocenters. The Morgan fingerprint density at radius 1 is 0.966 bits per heavy atom. The maximum Gasteiger partial charge on any atom is 0.408 e. The standard InChI is InChI=1S/C23H25NO5/c1-16(25)18-11-8-14-20(15-18)28-22(26)21(17-9-4-2-5-10-17)24-23(27)29-19-12-6-3-7-13-19/h2,4-5,8-11,14-15,19,21H,3,6-7,12-13H2,1H3,(H,24,27). The molecule has 0 bridgehead atoms. The van der Waals surface area contributed by atoms with E-state index in [1.54, 1.807) is 42.5 Å². The highest BCUT2D eigenvalue weighted by atomic mass is 16.6. The summed E-state index contributed by atoms with van der Waals surface area (Å²) in [6.45, 7) is 1.44. The molecule has 1 saturated carbocycles. The van der Waals surface area contributed by atoms with Gasteiger partial charge < -0.3 is 14.8 Å². The van der Waals surface area contributed by atoms with Crippen molar-refractivity contribution in [3.8, 4) is 5.75 Å². The molecule has 1 atom stereocenters. The lowest BCUT2D eigenvalue weighted by molar-refractivity contribution is -0.136. The Morgan fingerprint density at radius 3 is 2.38 bits per heavy atom. The van der Waals surface area contributed by atoms with Crippen LogP contribution in [0, 0.1) is 0 Å². The zero-order valence-electron chi connectivity index (χ0n) is 16.4. The monoisotopic (exact) mass is 395 g/mol. The normalized spacial score (nSPS) is 15.2. The van der Waals surface area contributed by atoms with Gasteiger partial charge in [-0.2, -0.15) is 0 Å². The van der Waals surface area contributed by atoms with Gasteiger partial charge in [-0.25, -0.2) is 9.59 Å². The van der Waals surface area contributed by atoms with Gasteiger partial charge in [-0.05, 0) is 50.3 Å². The number of amides is 1. The average Bonchev–Trinajstić information content (AvgIpc) is 2.73. The van der Waals surface area contributed by atoms with E-state index in [9.17, 15) is 14.4 Å². The van der Waals surface area contributed by atoms with Gasteiger partial charge in [-0.15, -0.1) is 0 Å². The average molecular weight is 395 g/mol. The van der Waals surface area contributed by atoms with Crippen molar-refractivity contribution in [2.75, 3.05) is 0 Å². The summed E-state index contributed by atoms with van der Waals surface area (Å²) in [5.41, 5.74) is 1.03. The molecule has 3 rings (SSSR count). The highest BCUT2D eigenvalue weighted by Gasteiger charge is 2.27. The van der Waals surface area contributed by atoms with Crippen molar-refractivity contribution in [2.24, 2.45) is 0 Å². The van der Waals surface area contributed by atoms with E-state index < -0.39 is 18.1 Å². The zero-order chi connectivity index (χ0) is 20.6. The van der Waals surface area contributed by atoms with Crippen LogP contribution < -0.4 is 10.1 Å². The Morgan fingerprint density at radius 2 is 1.69 bits per heavy atom. The lowest BCUT2D eigenvalue weighted by Gasteiger charge is -2.24. The Balaban J connectivity index is 1.72. The van der Waals surface area contributed by atoms with Gasteiger partial charge in [0.05, 0.1) is 0 Å². The van der Waals surface area contributed by atoms with Crippen molar-refractivity contribution in [1.29, 1.82) is 0 Å². The van der Waals surface area contributed by atoms with Crippen LogP contribution in [0.1, 0.15) is 61.0 Å². The largest absolute Gasteiger partial charge is 0.446 e. The molecule has 2 aromatic carbocycles. The van der Waals surface area contributed by atoms with Crippen LogP contribution in [0.5, 0.6) is 5.75 Å². The van der Waals surface area contributed by atoms with Gasteiger partial charge in [0.2, 0.25) is 0 Å². The summed E-state index contributed by atoms with van der Waals surface area (Å²) >= 11 is 0. The number of rotatable bonds is 6. The molecule has 1 N–H and O–H groups in total. The first-order valence-corrected chi connectivity index (χ1v) is 9.88. The lowest BCUT2D eigenvalue weighted by atomic mass is 9.98. The second kappa shape index (κ2) is 9.87. The van der Waals surface area contributed by atoms with E-state index in [0.29, 0.717) is 11.1 Å². The molecule has 0 saturated heterocycles. The number of hydrogen-bond donors (Lipinski definition) is 1. The molecule has 1 amide bonds. The highest BCUT2D eigenvalue weighted by Crippen LogP contribution is 2.22. The minimum absolute atomic E-state index is 0.122. The van der Waals surface area contributed by atoms with Crippen LogP contribution in [0.15, 0.2) is 54.6 Å². The van der Waals surface area contributed by atoms with Gasteiger partial charge in [0.25, 0.3) is 0 Å². The number of benzene rings is 2. The summed E-state index contributed by atoms with van der Waals surface area (Å²) in [7, 11) is 0. The van der Waals surface area contributed by atoms with Gasteiger partial charge in [-0.1, -0.05) is 48.9 Å². The maximum absolute atomic E-state index is 12.8. The number of carbonyl (C=O) groups is 3. The molecule has 152 valence electrons. The topological polar surface area (TPSA) is 81.7 Å². The second-order valence-corrected chi connectivity index (χ2v) is 7.16. The predicted molar refractivity (Wildman–Crippen MR) is 108 cm³/mol. The van der Waals surface area contributed by atoms with Crippen molar-refractivity contribution in [3.05, 3.63) is 65.7 Å². The van der Waals surface area contributed by atoms with Crippen molar-refractivity contribution in [3.63, 3.8) is 0 Å². The van der Waals surface area contributed by atoms with Gasteiger partial charge >= 0.3 is 12.1 Å². The number of ketones is 1. The Hall–Kier alpha value is -3.15. The number of carbonyl (C=O) groups excluding carboxylic acids is 3. The van der Waals surface area contributed by atoms with Gasteiger partial charge in [0.1, 0.15) is 11.9 Å². The molecule has 29 heavy (non-hydrogen) atoms. The third-order valence-corrected chi connectivity index (χ3v) is 4.92. The minimum atomic E-state index is -1.02. The number of nitrogens with one attached hydrogen (secondary N) is 1. The van der Waals surface area contributed by atoms with Crippen LogP contribution >= 0.6 is 0 Å². The van der Waals surface area contributed by atoms with E-state index in [1.165, 1.54) is 13.0 Å². The number of alkyl carbamates (subject to hydrolysis) is 1. The van der Waals surface area contributed by atoms with Crippen LogP contribution in [0.4, 0.5) is 4.79 Å². The van der Waals surface area contributed by atoms with Crippen molar-refractivity contribution in [2.45, 2.75) is 51.2 Å². The molecule has 0 aromatic heterocycles. The summed E-state index contributed by atoms with van der Waals surface area (Å²) in [5, 5.41) is 2.64. The Labute approximate surface area is 170 Å². The van der Waals surface area contributed by atoms with Crippen LogP contribution in [-0.2, 0) is 9.53 Å². The fourth-order valence-electron chi connectivity index (χ4n) is 3.36. The minimum Gasteiger partial charge on any atom is -0.446 e. The molecule has 1 aliphatic rings. The molecule has 0 radical (unpaired) electrons. The van der Waals surface area contributed by atoms with Crippen molar-refractivity contribution < 1.29 is 23.9 Å². The van der Waals surface area contributed by atoms with Crippen molar-refractivity contribution >= 4 is 17.8 Å². The zero-order valence-corrected chi connectivity index (χ0v) is 16.4. The first-order valence-electron chi connectivity index (χ1n) is 9.88. The molecule has 0 spiro atoms. The van der Waals surface area contributed by atoms with E-state index in [1.807, 2.05) is 6.07 Å². The summed E-state index contributed by atoms with van der Waals surface area (Å²) in [6, 6.07) is 14.2. The van der Waals surface area contributed by atoms with E-state index in [-0.39, 0.29) is 17.6 Å². The maximum atomic E-state index is 12.8. The molecule has 0 aliphatic heterocycles. The predicted octanol–water partition coefficient (Wildman–Crippen LogP) is 4.59. The Bertz CT molecular complexity index is 859. The van der Waals surface area contributed by atoms with Crippen LogP contribution in [0.2, 0.25) is 0 Å². The summed E-state index contributed by atoms with van der Waals surface area (Å²) in [6.07, 6.45) is 4.14. The summed E-state index contributed by atoms with van der Waals surface area (Å²) in [4.78, 5) is 36.8. The van der Waals surface area contributed by atoms with Gasteiger partial charge in [0.15, 0.2) is 11.8 Å². The quantitative estimate of drug-likeness (QED) is 0.439. The van der Waals surface area contributed by atoms with Crippen LogP contribution in [0.3, 0.4) is 0 Å². The number of Topliss-reactive ketones (excluding diaryl/α,β-unsaturated/α-hetero) is 1. The third kappa shape index (κ3) is 5.91. The molecule has 1 fully saturated rings. The molecule has 6 heteroatoms. The fourth-order valence-corrected chi connectivity index (χ4v) is 3.36.